The molecule has 1 N–H and O–H groups in total. The van der Waals surface area contributed by atoms with Crippen molar-refractivity contribution in [1.82, 2.24) is 4.57 Å². The summed E-state index contributed by atoms with van der Waals surface area (Å²) >= 11 is 12.2. The number of halogens is 2. The molecule has 0 spiro atoms. The molecule has 0 aliphatic carbocycles. The number of aromatic nitrogens is 1. The first kappa shape index (κ1) is 14.0. The second-order valence-electron chi connectivity index (χ2n) is 4.72. The van der Waals surface area contributed by atoms with Crippen molar-refractivity contribution in [1.29, 1.82) is 0 Å². The first-order valence-electron chi connectivity index (χ1n) is 6.32. The maximum atomic E-state index is 11.5. The average Bonchev–Trinajstić information content (AvgIpc) is 2.82. The Morgan fingerprint density at radius 1 is 1.10 bits per heavy atom. The van der Waals surface area contributed by atoms with Gasteiger partial charge in [0.25, 0.3) is 0 Å². The summed E-state index contributed by atoms with van der Waals surface area (Å²) in [5.74, 6) is -0.968. The van der Waals surface area contributed by atoms with Gasteiger partial charge in [0.1, 0.15) is 5.69 Å². The van der Waals surface area contributed by atoms with E-state index in [-0.39, 0.29) is 5.69 Å². The molecule has 106 valence electrons. The number of para-hydroxylation sites is 1. The van der Waals surface area contributed by atoms with Crippen molar-refractivity contribution in [3.8, 4) is 0 Å². The zero-order valence-corrected chi connectivity index (χ0v) is 12.4. The molecule has 0 amide bonds. The second kappa shape index (κ2) is 5.43. The summed E-state index contributed by atoms with van der Waals surface area (Å²) in [6.07, 6.45) is 0. The minimum Gasteiger partial charge on any atom is -0.477 e. The molecule has 0 atom stereocenters. The third-order valence-electron chi connectivity index (χ3n) is 3.37. The van der Waals surface area contributed by atoms with E-state index in [9.17, 15) is 9.90 Å². The number of aromatic carboxylic acids is 1. The summed E-state index contributed by atoms with van der Waals surface area (Å²) in [6, 6.07) is 14.4. The zero-order valence-electron chi connectivity index (χ0n) is 10.9. The molecule has 0 bridgehead atoms. The smallest absolute Gasteiger partial charge is 0.352 e. The fraction of sp³-hybridized carbons (Fsp3) is 0.0625. The van der Waals surface area contributed by atoms with Crippen LogP contribution in [0.5, 0.6) is 0 Å². The Balaban J connectivity index is 2.17. The Bertz CT molecular complexity index is 839. The number of benzene rings is 2. The van der Waals surface area contributed by atoms with Crippen LogP contribution in [0.1, 0.15) is 16.1 Å². The highest BCUT2D eigenvalue weighted by Gasteiger charge is 2.15. The Kier molecular flexibility index (Phi) is 3.62. The van der Waals surface area contributed by atoms with Crippen molar-refractivity contribution in [2.75, 3.05) is 0 Å². The predicted octanol–water partition coefficient (Wildman–Crippen LogP) is 4.69. The SMILES string of the molecule is O=C(O)c1cc2ccccc2n1Cc1cc(Cl)ccc1Cl. The van der Waals surface area contributed by atoms with Crippen molar-refractivity contribution < 1.29 is 9.90 Å². The molecule has 1 aromatic heterocycles. The number of hydrogen-bond acceptors (Lipinski definition) is 1. The van der Waals surface area contributed by atoms with Gasteiger partial charge in [0.15, 0.2) is 0 Å². The first-order valence-corrected chi connectivity index (χ1v) is 7.07. The van der Waals surface area contributed by atoms with Crippen molar-refractivity contribution in [2.45, 2.75) is 6.54 Å². The van der Waals surface area contributed by atoms with Crippen molar-refractivity contribution >= 4 is 40.1 Å². The Morgan fingerprint density at radius 3 is 2.62 bits per heavy atom. The average molecular weight is 320 g/mol. The minimum absolute atomic E-state index is 0.229. The summed E-state index contributed by atoms with van der Waals surface area (Å²) in [6.45, 7) is 0.356. The summed E-state index contributed by atoms with van der Waals surface area (Å²) in [7, 11) is 0. The highest BCUT2D eigenvalue weighted by atomic mass is 35.5. The maximum Gasteiger partial charge on any atom is 0.352 e. The molecule has 3 aromatic rings. The van der Waals surface area contributed by atoms with Crippen LogP contribution in [0.4, 0.5) is 0 Å². The lowest BCUT2D eigenvalue weighted by Crippen LogP contribution is -2.09. The quantitative estimate of drug-likeness (QED) is 0.760. The van der Waals surface area contributed by atoms with E-state index in [2.05, 4.69) is 0 Å². The fourth-order valence-electron chi connectivity index (χ4n) is 2.39. The Labute approximate surface area is 131 Å². The molecule has 0 saturated carbocycles. The van der Waals surface area contributed by atoms with E-state index in [0.717, 1.165) is 16.5 Å². The molecule has 21 heavy (non-hydrogen) atoms. The Morgan fingerprint density at radius 2 is 1.86 bits per heavy atom. The third-order valence-corrected chi connectivity index (χ3v) is 3.97. The van der Waals surface area contributed by atoms with E-state index in [1.165, 1.54) is 0 Å². The molecule has 5 heteroatoms. The normalized spacial score (nSPS) is 11.0. The summed E-state index contributed by atoms with van der Waals surface area (Å²) in [5.41, 5.74) is 1.87. The number of carbonyl (C=O) groups is 1. The number of rotatable bonds is 3. The van der Waals surface area contributed by atoms with Gasteiger partial charge in [-0.25, -0.2) is 4.79 Å². The molecule has 0 fully saturated rings. The summed E-state index contributed by atoms with van der Waals surface area (Å²) < 4.78 is 1.73. The maximum absolute atomic E-state index is 11.5. The van der Waals surface area contributed by atoms with Crippen LogP contribution in [0.3, 0.4) is 0 Å². The number of fused-ring (bicyclic) bond motifs is 1. The van der Waals surface area contributed by atoms with Crippen LogP contribution >= 0.6 is 23.2 Å². The third kappa shape index (κ3) is 2.62. The zero-order chi connectivity index (χ0) is 15.0. The molecule has 0 aliphatic rings. The van der Waals surface area contributed by atoms with Crippen LogP contribution in [-0.2, 0) is 6.54 Å². The lowest BCUT2D eigenvalue weighted by Gasteiger charge is -2.10. The Hall–Kier alpha value is -1.97. The van der Waals surface area contributed by atoms with E-state index in [1.54, 1.807) is 28.8 Å². The van der Waals surface area contributed by atoms with Gasteiger partial charge < -0.3 is 9.67 Å². The van der Waals surface area contributed by atoms with Crippen molar-refractivity contribution in [2.24, 2.45) is 0 Å². The molecular weight excluding hydrogens is 309 g/mol. The van der Waals surface area contributed by atoms with Gasteiger partial charge in [0.05, 0.1) is 0 Å². The minimum atomic E-state index is -0.968. The monoisotopic (exact) mass is 319 g/mol. The second-order valence-corrected chi connectivity index (χ2v) is 5.56. The highest BCUT2D eigenvalue weighted by Crippen LogP contribution is 2.26. The first-order chi connectivity index (χ1) is 10.1. The van der Waals surface area contributed by atoms with Crippen LogP contribution in [0.25, 0.3) is 10.9 Å². The number of carboxylic acids is 1. The molecule has 3 rings (SSSR count). The summed E-state index contributed by atoms with van der Waals surface area (Å²) in [5, 5.41) is 11.4. The van der Waals surface area contributed by atoms with E-state index in [0.29, 0.717) is 16.6 Å². The van der Waals surface area contributed by atoms with E-state index in [4.69, 9.17) is 23.2 Å². The highest BCUT2D eigenvalue weighted by molar-refractivity contribution is 6.33. The van der Waals surface area contributed by atoms with Gasteiger partial charge in [0.2, 0.25) is 0 Å². The molecule has 2 aromatic carbocycles. The largest absolute Gasteiger partial charge is 0.477 e. The van der Waals surface area contributed by atoms with E-state index >= 15 is 0 Å². The lowest BCUT2D eigenvalue weighted by molar-refractivity contribution is 0.0686. The number of nitrogens with zero attached hydrogens (tertiary/aromatic N) is 1. The molecule has 0 saturated heterocycles. The van der Waals surface area contributed by atoms with E-state index in [1.807, 2.05) is 24.3 Å². The number of hydrogen-bond donors (Lipinski definition) is 1. The van der Waals surface area contributed by atoms with Crippen LogP contribution in [0.15, 0.2) is 48.5 Å². The molecule has 0 radical (unpaired) electrons. The molecule has 0 unspecified atom stereocenters. The lowest BCUT2D eigenvalue weighted by atomic mass is 10.2. The van der Waals surface area contributed by atoms with Gasteiger partial charge in [-0.1, -0.05) is 41.4 Å². The predicted molar refractivity (Wildman–Crippen MR) is 84.5 cm³/mol. The molecule has 1 heterocycles. The van der Waals surface area contributed by atoms with E-state index < -0.39 is 5.97 Å². The van der Waals surface area contributed by atoms with Gasteiger partial charge in [0, 0.05) is 27.5 Å². The van der Waals surface area contributed by atoms with Gasteiger partial charge in [-0.05, 0) is 35.9 Å². The fourth-order valence-corrected chi connectivity index (χ4v) is 2.76. The summed E-state index contributed by atoms with van der Waals surface area (Å²) in [4.78, 5) is 11.5. The standard InChI is InChI=1S/C16H11Cl2NO2/c17-12-5-6-13(18)11(7-12)9-19-14-4-2-1-3-10(14)8-15(19)16(20)21/h1-8H,9H2,(H,20,21). The molecular formula is C16H11Cl2NO2. The van der Waals surface area contributed by atoms with Crippen LogP contribution in [0.2, 0.25) is 10.0 Å². The topological polar surface area (TPSA) is 42.2 Å². The van der Waals surface area contributed by atoms with Crippen LogP contribution in [0, 0.1) is 0 Å². The van der Waals surface area contributed by atoms with Gasteiger partial charge in [-0.2, -0.15) is 0 Å². The van der Waals surface area contributed by atoms with Crippen molar-refractivity contribution in [3.63, 3.8) is 0 Å². The van der Waals surface area contributed by atoms with Crippen LogP contribution in [-0.4, -0.2) is 15.6 Å². The van der Waals surface area contributed by atoms with Gasteiger partial charge in [-0.3, -0.25) is 0 Å². The number of carboxylic acid groups (broad SMARTS) is 1. The molecule has 0 aliphatic heterocycles. The van der Waals surface area contributed by atoms with Gasteiger partial charge in [-0.15, -0.1) is 0 Å². The van der Waals surface area contributed by atoms with Gasteiger partial charge >= 0.3 is 5.97 Å². The van der Waals surface area contributed by atoms with Crippen molar-refractivity contribution in [3.05, 3.63) is 69.8 Å². The van der Waals surface area contributed by atoms with Crippen LogP contribution < -0.4 is 0 Å². The molecule has 3 nitrogen and oxygen atoms in total.